The van der Waals surface area contributed by atoms with Crippen LogP contribution in [0, 0.1) is 0 Å². The van der Waals surface area contributed by atoms with Crippen LogP contribution in [0.3, 0.4) is 0 Å². The van der Waals surface area contributed by atoms with Gasteiger partial charge in [-0.3, -0.25) is 0 Å². The van der Waals surface area contributed by atoms with Crippen LogP contribution in [0.1, 0.15) is 51.8 Å². The molecule has 3 aliphatic carbocycles. The van der Waals surface area contributed by atoms with E-state index in [1.54, 1.807) is 75.4 Å². The Morgan fingerprint density at radius 1 is 0.639 bits per heavy atom. The van der Waals surface area contributed by atoms with Crippen molar-refractivity contribution in [1.29, 1.82) is 0 Å². The monoisotopic (exact) mass is 486 g/mol. The number of nitrogens with zero attached hydrogens (tertiary/aromatic N) is 1. The molecule has 0 atom stereocenters. The molecule has 0 amide bonds. The highest BCUT2D eigenvalue weighted by Crippen LogP contribution is 2.44. The Labute approximate surface area is 208 Å². The highest BCUT2D eigenvalue weighted by atomic mass is 16.5. The molecule has 0 aromatic heterocycles. The summed E-state index contributed by atoms with van der Waals surface area (Å²) in [5.41, 5.74) is 2.78. The fourth-order valence-electron chi connectivity index (χ4n) is 4.10. The minimum absolute atomic E-state index is 0.141. The van der Waals surface area contributed by atoms with Crippen LogP contribution in [0.25, 0.3) is 22.4 Å². The lowest BCUT2D eigenvalue weighted by Gasteiger charge is -2.11. The Kier molecular flexibility index (Phi) is 7.44. The molecule has 1 aliphatic heterocycles. The van der Waals surface area contributed by atoms with E-state index in [0.717, 1.165) is 0 Å². The van der Waals surface area contributed by atoms with Crippen LogP contribution in [-0.4, -0.2) is 42.7 Å². The van der Waals surface area contributed by atoms with E-state index < -0.39 is 17.9 Å². The van der Waals surface area contributed by atoms with Gasteiger partial charge in [-0.05, 0) is 38.0 Å². The van der Waals surface area contributed by atoms with Gasteiger partial charge >= 0.3 is 17.9 Å². The summed E-state index contributed by atoms with van der Waals surface area (Å²) in [5.74, 6) is -1.66. The Morgan fingerprint density at radius 3 is 1.58 bits per heavy atom. The quantitative estimate of drug-likeness (QED) is 0.255. The Morgan fingerprint density at radius 2 is 1.08 bits per heavy atom. The van der Waals surface area contributed by atoms with Gasteiger partial charge in [0.2, 0.25) is 0 Å². The lowest BCUT2D eigenvalue weighted by atomic mass is 10.1. The molecule has 0 aromatic rings. The molecule has 0 saturated carbocycles. The predicted octanol–water partition coefficient (Wildman–Crippen LogP) is 5.56. The van der Waals surface area contributed by atoms with E-state index in [1.165, 1.54) is 0 Å². The van der Waals surface area contributed by atoms with Gasteiger partial charge in [-0.15, -0.1) is 0 Å². The lowest BCUT2D eigenvalue weighted by Crippen LogP contribution is -2.12. The SMILES string of the molecule is CCOC(=O)c1c2cccccc-2nc1Nc1c(C(=O)OCC)c2cccccc-2c1C(=O)OCC. The fraction of sp³-hybridized carbons (Fsp3) is 0.214. The fourth-order valence-corrected chi connectivity index (χ4v) is 4.10. The van der Waals surface area contributed by atoms with E-state index in [4.69, 9.17) is 14.2 Å². The molecule has 0 unspecified atom stereocenters. The highest BCUT2D eigenvalue weighted by Gasteiger charge is 2.34. The topological polar surface area (TPSA) is 104 Å². The van der Waals surface area contributed by atoms with Gasteiger partial charge in [0.05, 0.1) is 42.3 Å². The van der Waals surface area contributed by atoms with Gasteiger partial charge in [-0.1, -0.05) is 54.6 Å². The second kappa shape index (κ2) is 10.9. The molecule has 1 N–H and O–H groups in total. The van der Waals surface area contributed by atoms with E-state index in [2.05, 4.69) is 10.3 Å². The molecule has 4 rings (SSSR count). The first-order valence-corrected chi connectivity index (χ1v) is 11.7. The van der Waals surface area contributed by atoms with Gasteiger partial charge in [0.15, 0.2) is 0 Å². The number of ether oxygens (including phenoxy) is 3. The highest BCUT2D eigenvalue weighted by molar-refractivity contribution is 6.17. The maximum absolute atomic E-state index is 13.2. The number of nitrogens with one attached hydrogen (secondary N) is 1. The van der Waals surface area contributed by atoms with Crippen molar-refractivity contribution in [3.63, 3.8) is 0 Å². The molecular formula is C28H26N2O6. The van der Waals surface area contributed by atoms with Crippen LogP contribution < -0.4 is 5.32 Å². The van der Waals surface area contributed by atoms with Crippen LogP contribution in [0.5, 0.6) is 0 Å². The number of rotatable bonds is 8. The average molecular weight is 487 g/mol. The molecule has 0 radical (unpaired) electrons. The standard InChI is InChI=1S/C28H26N2O6/c1-4-34-26(31)21-17-13-9-7-10-14-18(17)22(27(32)35-5-2)24(21)30-25-23(28(33)36-6-3)19-15-11-8-12-16-20(19)29-25/h7-16H,4-6H2,1-3H3,(H,29,30). The van der Waals surface area contributed by atoms with Crippen LogP contribution >= 0.6 is 0 Å². The predicted molar refractivity (Wildman–Crippen MR) is 135 cm³/mol. The van der Waals surface area contributed by atoms with Crippen LogP contribution in [0.2, 0.25) is 0 Å². The van der Waals surface area contributed by atoms with E-state index in [1.807, 2.05) is 6.07 Å². The zero-order chi connectivity index (χ0) is 25.7. The largest absolute Gasteiger partial charge is 0.462 e. The second-order valence-corrected chi connectivity index (χ2v) is 7.69. The van der Waals surface area contributed by atoms with Crippen LogP contribution in [-0.2, 0) is 14.2 Å². The summed E-state index contributed by atoms with van der Waals surface area (Å²) >= 11 is 0. The van der Waals surface area contributed by atoms with Crippen molar-refractivity contribution >= 4 is 29.4 Å². The van der Waals surface area contributed by atoms with Gasteiger partial charge in [-0.2, -0.15) is 0 Å². The van der Waals surface area contributed by atoms with Crippen molar-refractivity contribution in [2.24, 2.45) is 0 Å². The summed E-state index contributed by atoms with van der Waals surface area (Å²) < 4.78 is 16.0. The minimum atomic E-state index is -0.619. The molecule has 8 heteroatoms. The van der Waals surface area contributed by atoms with Crippen LogP contribution in [0.15, 0.2) is 60.7 Å². The maximum atomic E-state index is 13.2. The Balaban J connectivity index is 2.02. The van der Waals surface area contributed by atoms with Gasteiger partial charge in [0.25, 0.3) is 0 Å². The smallest absolute Gasteiger partial charge is 0.342 e. The summed E-state index contributed by atoms with van der Waals surface area (Å²) in [4.78, 5) is 44.0. The van der Waals surface area contributed by atoms with Crippen molar-refractivity contribution in [2.45, 2.75) is 20.8 Å². The van der Waals surface area contributed by atoms with Crippen molar-refractivity contribution < 1.29 is 28.6 Å². The maximum Gasteiger partial charge on any atom is 0.342 e. The van der Waals surface area contributed by atoms with Crippen molar-refractivity contribution in [3.05, 3.63) is 77.4 Å². The zero-order valence-electron chi connectivity index (χ0n) is 20.3. The second-order valence-electron chi connectivity index (χ2n) is 7.69. The molecule has 0 saturated heterocycles. The molecule has 0 bridgehead atoms. The molecule has 0 fully saturated rings. The Hall–Kier alpha value is -4.46. The van der Waals surface area contributed by atoms with Crippen molar-refractivity contribution in [1.82, 2.24) is 4.98 Å². The third kappa shape index (κ3) is 4.57. The van der Waals surface area contributed by atoms with Crippen molar-refractivity contribution in [3.8, 4) is 22.4 Å². The zero-order valence-corrected chi connectivity index (χ0v) is 20.3. The normalized spacial score (nSPS) is 10.8. The summed E-state index contributed by atoms with van der Waals surface area (Å²) in [6.07, 6.45) is 0. The summed E-state index contributed by atoms with van der Waals surface area (Å²) in [5, 5.41) is 3.11. The average Bonchev–Trinajstić information content (AvgIpc) is 3.09. The number of aromatic nitrogens is 1. The van der Waals surface area contributed by atoms with Gasteiger partial charge in [0.1, 0.15) is 11.4 Å². The van der Waals surface area contributed by atoms with E-state index >= 15 is 0 Å². The first-order valence-electron chi connectivity index (χ1n) is 11.7. The molecule has 184 valence electrons. The number of anilines is 2. The molecule has 0 spiro atoms. The molecule has 1 heterocycles. The number of hydrogen-bond acceptors (Lipinski definition) is 8. The Bertz CT molecular complexity index is 1310. The lowest BCUT2D eigenvalue weighted by molar-refractivity contribution is 0.0518. The van der Waals surface area contributed by atoms with E-state index in [9.17, 15) is 14.4 Å². The minimum Gasteiger partial charge on any atom is -0.462 e. The van der Waals surface area contributed by atoms with Gasteiger partial charge in [-0.25, -0.2) is 19.4 Å². The molecule has 36 heavy (non-hydrogen) atoms. The number of esters is 3. The first kappa shape index (κ1) is 24.7. The van der Waals surface area contributed by atoms with E-state index in [-0.39, 0.29) is 48.0 Å². The number of carbonyl (C=O) groups excluding carboxylic acids is 3. The number of fused-ring (bicyclic) bond motifs is 2. The molecule has 8 nitrogen and oxygen atoms in total. The number of carbonyl (C=O) groups is 3. The summed E-state index contributed by atoms with van der Waals surface area (Å²) in [6, 6.07) is 17.7. The molecule has 0 aromatic carbocycles. The first-order chi connectivity index (χ1) is 17.5. The van der Waals surface area contributed by atoms with E-state index in [0.29, 0.717) is 22.4 Å². The third-order valence-corrected chi connectivity index (χ3v) is 5.51. The number of hydrogen-bond donors (Lipinski definition) is 1. The summed E-state index contributed by atoms with van der Waals surface area (Å²) in [6.45, 7) is 5.57. The molecule has 4 aliphatic rings. The third-order valence-electron chi connectivity index (χ3n) is 5.51. The molecular weight excluding hydrogens is 460 g/mol. The van der Waals surface area contributed by atoms with Gasteiger partial charge < -0.3 is 19.5 Å². The summed E-state index contributed by atoms with van der Waals surface area (Å²) in [7, 11) is 0. The van der Waals surface area contributed by atoms with Crippen LogP contribution in [0.4, 0.5) is 11.5 Å². The van der Waals surface area contributed by atoms with Crippen molar-refractivity contribution in [2.75, 3.05) is 25.1 Å². The van der Waals surface area contributed by atoms with Gasteiger partial charge in [0, 0.05) is 5.56 Å².